The minimum absolute atomic E-state index is 0.0174. The number of anilines is 4. The molecule has 3 aromatic carbocycles. The van der Waals surface area contributed by atoms with Crippen LogP contribution in [0.4, 0.5) is 23.0 Å². The molecular weight excluding hydrogens is 478 g/mol. The van der Waals surface area contributed by atoms with E-state index in [-0.39, 0.29) is 22.4 Å². The molecule has 36 heavy (non-hydrogen) atoms. The van der Waals surface area contributed by atoms with Gasteiger partial charge in [-0.05, 0) is 55.0 Å². The van der Waals surface area contributed by atoms with Crippen LogP contribution in [0.15, 0.2) is 77.7 Å². The average Bonchev–Trinajstić information content (AvgIpc) is 2.85. The van der Waals surface area contributed by atoms with Gasteiger partial charge in [0.05, 0.1) is 22.5 Å². The van der Waals surface area contributed by atoms with Crippen molar-refractivity contribution in [3.63, 3.8) is 0 Å². The zero-order chi connectivity index (χ0) is 25.5. The van der Waals surface area contributed by atoms with Gasteiger partial charge < -0.3 is 15.4 Å². The van der Waals surface area contributed by atoms with Gasteiger partial charge in [-0.25, -0.2) is 18.4 Å². The first-order valence-corrected chi connectivity index (χ1v) is 13.0. The number of carbonyl (C=O) groups excluding carboxylic acids is 1. The van der Waals surface area contributed by atoms with Crippen LogP contribution in [-0.2, 0) is 14.8 Å². The molecule has 0 saturated carbocycles. The number of benzene rings is 3. The molecule has 1 aromatic heterocycles. The molecule has 9 nitrogen and oxygen atoms in total. The van der Waals surface area contributed by atoms with E-state index in [1.165, 1.54) is 31.2 Å². The molecule has 1 amide bonds. The van der Waals surface area contributed by atoms with E-state index >= 15 is 0 Å². The van der Waals surface area contributed by atoms with Crippen molar-refractivity contribution in [1.29, 1.82) is 0 Å². The van der Waals surface area contributed by atoms with E-state index in [2.05, 4.69) is 32.2 Å². The SMILES string of the molecule is CCCCOc1cccc(Nc2nc3ccccc3nc2NS(=O)(=O)c2ccc(NC(C)=O)cc2)c1. The van der Waals surface area contributed by atoms with Crippen LogP contribution in [0.3, 0.4) is 0 Å². The molecule has 0 aliphatic rings. The zero-order valence-electron chi connectivity index (χ0n) is 20.0. The van der Waals surface area contributed by atoms with E-state index in [9.17, 15) is 13.2 Å². The van der Waals surface area contributed by atoms with Crippen LogP contribution < -0.4 is 20.1 Å². The molecule has 0 aliphatic carbocycles. The summed E-state index contributed by atoms with van der Waals surface area (Å²) >= 11 is 0. The summed E-state index contributed by atoms with van der Waals surface area (Å²) in [5.74, 6) is 0.754. The number of hydrogen-bond acceptors (Lipinski definition) is 7. The number of nitrogens with one attached hydrogen (secondary N) is 3. The van der Waals surface area contributed by atoms with Crippen LogP contribution in [0.2, 0.25) is 0 Å². The highest BCUT2D eigenvalue weighted by Gasteiger charge is 2.19. The van der Waals surface area contributed by atoms with Gasteiger partial charge in [-0.15, -0.1) is 0 Å². The smallest absolute Gasteiger partial charge is 0.263 e. The third kappa shape index (κ3) is 6.28. The maximum absolute atomic E-state index is 13.2. The van der Waals surface area contributed by atoms with E-state index in [1.807, 2.05) is 30.3 Å². The van der Waals surface area contributed by atoms with Gasteiger partial charge in [0.25, 0.3) is 10.0 Å². The third-order valence-electron chi connectivity index (χ3n) is 5.15. The molecule has 10 heteroatoms. The van der Waals surface area contributed by atoms with Crippen molar-refractivity contribution in [3.8, 4) is 5.75 Å². The molecule has 0 radical (unpaired) electrons. The number of ether oxygens (including phenoxy) is 1. The third-order valence-corrected chi connectivity index (χ3v) is 6.50. The molecule has 3 N–H and O–H groups in total. The summed E-state index contributed by atoms with van der Waals surface area (Å²) < 4.78 is 34.7. The van der Waals surface area contributed by atoms with Gasteiger partial charge in [0.15, 0.2) is 11.6 Å². The van der Waals surface area contributed by atoms with Gasteiger partial charge in [-0.3, -0.25) is 9.52 Å². The van der Waals surface area contributed by atoms with Crippen LogP contribution >= 0.6 is 0 Å². The normalized spacial score (nSPS) is 11.2. The van der Waals surface area contributed by atoms with Crippen molar-refractivity contribution in [2.45, 2.75) is 31.6 Å². The maximum atomic E-state index is 13.2. The summed E-state index contributed by atoms with van der Waals surface area (Å²) in [6.45, 7) is 4.09. The predicted molar refractivity (Wildman–Crippen MR) is 141 cm³/mol. The molecule has 0 aliphatic heterocycles. The van der Waals surface area contributed by atoms with Crippen LogP contribution in [0, 0.1) is 0 Å². The fourth-order valence-corrected chi connectivity index (χ4v) is 4.41. The average molecular weight is 506 g/mol. The largest absolute Gasteiger partial charge is 0.494 e. The lowest BCUT2D eigenvalue weighted by molar-refractivity contribution is -0.114. The Bertz CT molecular complexity index is 1470. The molecule has 0 fully saturated rings. The van der Waals surface area contributed by atoms with E-state index in [1.54, 1.807) is 18.2 Å². The Hall–Kier alpha value is -4.18. The number of hydrogen-bond donors (Lipinski definition) is 3. The number of amides is 1. The molecule has 0 spiro atoms. The number of aromatic nitrogens is 2. The summed E-state index contributed by atoms with van der Waals surface area (Å²) in [4.78, 5) is 20.4. The summed E-state index contributed by atoms with van der Waals surface area (Å²) in [5.41, 5.74) is 2.32. The monoisotopic (exact) mass is 505 g/mol. The maximum Gasteiger partial charge on any atom is 0.263 e. The number of rotatable bonds is 10. The Morgan fingerprint density at radius 3 is 2.25 bits per heavy atom. The first-order valence-electron chi connectivity index (χ1n) is 11.5. The molecule has 0 atom stereocenters. The van der Waals surface area contributed by atoms with E-state index in [4.69, 9.17) is 4.74 Å². The Morgan fingerprint density at radius 1 is 0.889 bits per heavy atom. The number of carbonyl (C=O) groups is 1. The lowest BCUT2D eigenvalue weighted by Gasteiger charge is -2.15. The number of para-hydroxylation sites is 2. The molecule has 0 bridgehead atoms. The van der Waals surface area contributed by atoms with Crippen molar-refractivity contribution in [2.24, 2.45) is 0 Å². The standard InChI is InChI=1S/C26H27N5O4S/c1-3-4-16-35-21-9-7-8-20(17-21)28-25-26(30-24-11-6-5-10-23(24)29-25)31-36(33,34)22-14-12-19(13-15-22)27-18(2)32/h5-15,17H,3-4,16H2,1-2H3,(H,27,32)(H,28,29)(H,30,31). The molecule has 0 saturated heterocycles. The van der Waals surface area contributed by atoms with Gasteiger partial charge in [0.1, 0.15) is 5.75 Å². The fraction of sp³-hybridized carbons (Fsp3) is 0.192. The van der Waals surface area contributed by atoms with Crippen LogP contribution in [0.25, 0.3) is 11.0 Å². The van der Waals surface area contributed by atoms with Crippen LogP contribution in [0.1, 0.15) is 26.7 Å². The van der Waals surface area contributed by atoms with Gasteiger partial charge in [-0.2, -0.15) is 0 Å². The number of fused-ring (bicyclic) bond motifs is 1. The highest BCUT2D eigenvalue weighted by molar-refractivity contribution is 7.92. The molecule has 186 valence electrons. The lowest BCUT2D eigenvalue weighted by atomic mass is 10.3. The van der Waals surface area contributed by atoms with E-state index in [0.717, 1.165) is 12.8 Å². The van der Waals surface area contributed by atoms with Crippen LogP contribution in [0.5, 0.6) is 5.75 Å². The molecule has 4 rings (SSSR count). The summed E-state index contributed by atoms with van der Waals surface area (Å²) in [6, 6.07) is 20.4. The minimum atomic E-state index is -3.99. The molecule has 0 unspecified atom stereocenters. The van der Waals surface area contributed by atoms with Crippen molar-refractivity contribution in [2.75, 3.05) is 22.0 Å². The zero-order valence-corrected chi connectivity index (χ0v) is 20.8. The Morgan fingerprint density at radius 2 is 1.58 bits per heavy atom. The second-order valence-electron chi connectivity index (χ2n) is 8.08. The lowest BCUT2D eigenvalue weighted by Crippen LogP contribution is -2.16. The molecular formula is C26H27N5O4S. The molecule has 1 heterocycles. The first-order chi connectivity index (χ1) is 17.3. The van der Waals surface area contributed by atoms with Gasteiger partial charge in [-0.1, -0.05) is 31.5 Å². The number of sulfonamides is 1. The van der Waals surface area contributed by atoms with Crippen molar-refractivity contribution in [1.82, 2.24) is 9.97 Å². The van der Waals surface area contributed by atoms with E-state index in [0.29, 0.717) is 34.8 Å². The van der Waals surface area contributed by atoms with Crippen molar-refractivity contribution >= 4 is 50.0 Å². The quantitative estimate of drug-likeness (QED) is 0.250. The highest BCUT2D eigenvalue weighted by Crippen LogP contribution is 2.29. The number of unbranched alkanes of at least 4 members (excludes halogenated alkanes) is 1. The summed E-state index contributed by atoms with van der Waals surface area (Å²) in [5, 5.41) is 5.79. The summed E-state index contributed by atoms with van der Waals surface area (Å²) in [6.07, 6.45) is 1.98. The molecule has 4 aromatic rings. The van der Waals surface area contributed by atoms with Crippen LogP contribution in [-0.4, -0.2) is 30.9 Å². The Balaban J connectivity index is 1.65. The minimum Gasteiger partial charge on any atom is -0.494 e. The highest BCUT2D eigenvalue weighted by atomic mass is 32.2. The topological polar surface area (TPSA) is 122 Å². The van der Waals surface area contributed by atoms with Gasteiger partial charge in [0, 0.05) is 24.4 Å². The summed E-state index contributed by atoms with van der Waals surface area (Å²) in [7, 11) is -3.99. The van der Waals surface area contributed by atoms with E-state index < -0.39 is 10.0 Å². The first kappa shape index (κ1) is 24.9. The predicted octanol–water partition coefficient (Wildman–Crippen LogP) is 5.31. The Labute approximate surface area is 210 Å². The Kier molecular flexibility index (Phi) is 7.65. The van der Waals surface area contributed by atoms with Gasteiger partial charge in [0.2, 0.25) is 5.91 Å². The second kappa shape index (κ2) is 11.0. The van der Waals surface area contributed by atoms with Gasteiger partial charge >= 0.3 is 0 Å². The fourth-order valence-electron chi connectivity index (χ4n) is 3.40. The second-order valence-corrected chi connectivity index (χ2v) is 9.76. The van der Waals surface area contributed by atoms with Crippen molar-refractivity contribution < 1.29 is 17.9 Å². The van der Waals surface area contributed by atoms with Crippen molar-refractivity contribution in [3.05, 3.63) is 72.8 Å². The number of nitrogens with zero attached hydrogens (tertiary/aromatic N) is 2.